The summed E-state index contributed by atoms with van der Waals surface area (Å²) in [6, 6.07) is 0.426. The Bertz CT molecular complexity index is 182. The molecule has 2 atom stereocenters. The Labute approximate surface area is 80.5 Å². The summed E-state index contributed by atoms with van der Waals surface area (Å²) in [6.45, 7) is 5.19. The summed E-state index contributed by atoms with van der Waals surface area (Å²) < 4.78 is 0. The minimum atomic E-state index is 0.119. The molecule has 1 N–H and O–H groups in total. The first-order chi connectivity index (χ1) is 6.15. The Balaban J connectivity index is 2.38. The normalized spacial score (nSPS) is 25.9. The lowest BCUT2D eigenvalue weighted by Crippen LogP contribution is -2.44. The predicted molar refractivity (Wildman–Crippen MR) is 53.5 cm³/mol. The first-order valence-electron chi connectivity index (χ1n) is 5.15. The van der Waals surface area contributed by atoms with E-state index in [1.165, 1.54) is 0 Å². The van der Waals surface area contributed by atoms with E-state index in [4.69, 9.17) is 0 Å². The number of amides is 1. The van der Waals surface area contributed by atoms with Crippen molar-refractivity contribution in [1.82, 2.24) is 10.2 Å². The highest BCUT2D eigenvalue weighted by Gasteiger charge is 2.27. The van der Waals surface area contributed by atoms with E-state index >= 15 is 0 Å². The van der Waals surface area contributed by atoms with E-state index in [1.54, 1.807) is 0 Å². The van der Waals surface area contributed by atoms with Crippen molar-refractivity contribution in [2.45, 2.75) is 45.2 Å². The van der Waals surface area contributed by atoms with Crippen LogP contribution in [0, 0.1) is 0 Å². The SMILES string of the molecule is CC[C@H](C)NC(=O)[C@@H]1CCCN1C. The summed E-state index contributed by atoms with van der Waals surface area (Å²) in [6.07, 6.45) is 3.16. The molecule has 0 spiro atoms. The molecule has 0 aromatic heterocycles. The molecule has 0 saturated carbocycles. The lowest BCUT2D eigenvalue weighted by molar-refractivity contribution is -0.125. The van der Waals surface area contributed by atoms with E-state index in [0.717, 1.165) is 25.8 Å². The Hall–Kier alpha value is -0.570. The Morgan fingerprint density at radius 1 is 1.69 bits per heavy atom. The first kappa shape index (κ1) is 10.5. The molecule has 1 amide bonds. The van der Waals surface area contributed by atoms with Crippen LogP contribution in [0.2, 0.25) is 0 Å². The van der Waals surface area contributed by atoms with E-state index in [0.29, 0.717) is 6.04 Å². The molecule has 13 heavy (non-hydrogen) atoms. The summed E-state index contributed by atoms with van der Waals surface area (Å²) in [5.74, 6) is 0.203. The number of hydrogen-bond donors (Lipinski definition) is 1. The van der Waals surface area contributed by atoms with Gasteiger partial charge in [-0.25, -0.2) is 0 Å². The van der Waals surface area contributed by atoms with Crippen molar-refractivity contribution in [1.29, 1.82) is 0 Å². The molecule has 0 aliphatic carbocycles. The van der Waals surface area contributed by atoms with E-state index in [9.17, 15) is 4.79 Å². The van der Waals surface area contributed by atoms with Gasteiger partial charge in [-0.3, -0.25) is 9.69 Å². The smallest absolute Gasteiger partial charge is 0.237 e. The molecule has 76 valence electrons. The van der Waals surface area contributed by atoms with E-state index in [-0.39, 0.29) is 11.9 Å². The topological polar surface area (TPSA) is 32.3 Å². The average Bonchev–Trinajstić information content (AvgIpc) is 2.51. The highest BCUT2D eigenvalue weighted by Crippen LogP contribution is 2.14. The van der Waals surface area contributed by atoms with Crippen molar-refractivity contribution in [3.63, 3.8) is 0 Å². The Morgan fingerprint density at radius 2 is 2.38 bits per heavy atom. The van der Waals surface area contributed by atoms with Gasteiger partial charge in [-0.2, -0.15) is 0 Å². The molecule has 1 rings (SSSR count). The molecule has 1 aliphatic rings. The van der Waals surface area contributed by atoms with Gasteiger partial charge < -0.3 is 5.32 Å². The molecular weight excluding hydrogens is 164 g/mol. The van der Waals surface area contributed by atoms with Gasteiger partial charge in [0.15, 0.2) is 0 Å². The van der Waals surface area contributed by atoms with Crippen molar-refractivity contribution in [3.05, 3.63) is 0 Å². The molecule has 1 heterocycles. The molecule has 3 nitrogen and oxygen atoms in total. The van der Waals surface area contributed by atoms with Gasteiger partial charge in [0.2, 0.25) is 5.91 Å². The minimum Gasteiger partial charge on any atom is -0.352 e. The molecular formula is C10H20N2O. The number of rotatable bonds is 3. The maximum absolute atomic E-state index is 11.7. The number of likely N-dealkylation sites (N-methyl/N-ethyl adjacent to an activating group) is 1. The fourth-order valence-electron chi connectivity index (χ4n) is 1.68. The van der Waals surface area contributed by atoms with Crippen LogP contribution >= 0.6 is 0 Å². The lowest BCUT2D eigenvalue weighted by Gasteiger charge is -2.21. The van der Waals surface area contributed by atoms with Gasteiger partial charge in [-0.15, -0.1) is 0 Å². The quantitative estimate of drug-likeness (QED) is 0.709. The predicted octanol–water partition coefficient (Wildman–Crippen LogP) is 0.995. The highest BCUT2D eigenvalue weighted by atomic mass is 16.2. The van der Waals surface area contributed by atoms with Crippen LogP contribution in [0.4, 0.5) is 0 Å². The number of likely N-dealkylation sites (tertiary alicyclic amines) is 1. The van der Waals surface area contributed by atoms with Crippen LogP contribution in [0.3, 0.4) is 0 Å². The number of nitrogens with one attached hydrogen (secondary N) is 1. The molecule has 0 aromatic rings. The van der Waals surface area contributed by atoms with Gasteiger partial charge in [0.05, 0.1) is 6.04 Å². The van der Waals surface area contributed by atoms with Gasteiger partial charge in [-0.1, -0.05) is 6.92 Å². The number of carbonyl (C=O) groups is 1. The van der Waals surface area contributed by atoms with Crippen molar-refractivity contribution < 1.29 is 4.79 Å². The fraction of sp³-hybridized carbons (Fsp3) is 0.900. The molecule has 0 bridgehead atoms. The number of carbonyl (C=O) groups excluding carboxylic acids is 1. The van der Waals surface area contributed by atoms with Crippen molar-refractivity contribution >= 4 is 5.91 Å². The zero-order chi connectivity index (χ0) is 9.84. The third kappa shape index (κ3) is 2.69. The maximum atomic E-state index is 11.7. The van der Waals surface area contributed by atoms with E-state index in [2.05, 4.69) is 17.1 Å². The minimum absolute atomic E-state index is 0.119. The number of nitrogens with zero attached hydrogens (tertiary/aromatic N) is 1. The Kier molecular flexibility index (Phi) is 3.72. The summed E-state index contributed by atoms with van der Waals surface area (Å²) in [5, 5.41) is 3.02. The second-order valence-corrected chi connectivity index (χ2v) is 3.96. The molecule has 1 aliphatic heterocycles. The zero-order valence-electron chi connectivity index (χ0n) is 8.84. The van der Waals surface area contributed by atoms with E-state index in [1.807, 2.05) is 14.0 Å². The fourth-order valence-corrected chi connectivity index (χ4v) is 1.68. The summed E-state index contributed by atoms with van der Waals surface area (Å²) >= 11 is 0. The van der Waals surface area contributed by atoms with Crippen LogP contribution < -0.4 is 5.32 Å². The summed E-state index contributed by atoms with van der Waals surface area (Å²) in [5.41, 5.74) is 0. The maximum Gasteiger partial charge on any atom is 0.237 e. The molecule has 0 aromatic carbocycles. The summed E-state index contributed by atoms with van der Waals surface area (Å²) in [7, 11) is 2.02. The largest absolute Gasteiger partial charge is 0.352 e. The second kappa shape index (κ2) is 4.61. The van der Waals surface area contributed by atoms with Gasteiger partial charge >= 0.3 is 0 Å². The number of hydrogen-bond acceptors (Lipinski definition) is 2. The molecule has 0 radical (unpaired) electrons. The molecule has 0 unspecified atom stereocenters. The third-order valence-corrected chi connectivity index (χ3v) is 2.82. The van der Waals surface area contributed by atoms with Crippen LogP contribution in [0.1, 0.15) is 33.1 Å². The summed E-state index contributed by atoms with van der Waals surface area (Å²) in [4.78, 5) is 13.8. The van der Waals surface area contributed by atoms with Gasteiger partial charge in [0.25, 0.3) is 0 Å². The Morgan fingerprint density at radius 3 is 2.85 bits per heavy atom. The van der Waals surface area contributed by atoms with Crippen molar-refractivity contribution in [2.24, 2.45) is 0 Å². The molecule has 1 saturated heterocycles. The van der Waals surface area contributed by atoms with Gasteiger partial charge in [0.1, 0.15) is 0 Å². The van der Waals surface area contributed by atoms with Crippen LogP contribution in [0.25, 0.3) is 0 Å². The van der Waals surface area contributed by atoms with Crippen molar-refractivity contribution in [3.8, 4) is 0 Å². The average molecular weight is 184 g/mol. The first-order valence-corrected chi connectivity index (χ1v) is 5.15. The van der Waals surface area contributed by atoms with Crippen LogP contribution in [0.5, 0.6) is 0 Å². The van der Waals surface area contributed by atoms with E-state index < -0.39 is 0 Å². The molecule has 3 heteroatoms. The van der Waals surface area contributed by atoms with Gasteiger partial charge in [0, 0.05) is 6.04 Å². The highest BCUT2D eigenvalue weighted by molar-refractivity contribution is 5.82. The van der Waals surface area contributed by atoms with Gasteiger partial charge in [-0.05, 0) is 39.8 Å². The van der Waals surface area contributed by atoms with Crippen LogP contribution in [-0.4, -0.2) is 36.5 Å². The van der Waals surface area contributed by atoms with Crippen LogP contribution in [-0.2, 0) is 4.79 Å². The lowest BCUT2D eigenvalue weighted by atomic mass is 10.2. The third-order valence-electron chi connectivity index (χ3n) is 2.82. The zero-order valence-corrected chi connectivity index (χ0v) is 8.84. The second-order valence-electron chi connectivity index (χ2n) is 3.96. The molecule has 1 fully saturated rings. The monoisotopic (exact) mass is 184 g/mol. The van der Waals surface area contributed by atoms with Crippen LogP contribution in [0.15, 0.2) is 0 Å². The van der Waals surface area contributed by atoms with Crippen molar-refractivity contribution in [2.75, 3.05) is 13.6 Å². The standard InChI is InChI=1S/C10H20N2O/c1-4-8(2)11-10(13)9-6-5-7-12(9)3/h8-9H,4-7H2,1-3H3,(H,11,13)/t8-,9-/m0/s1.